The van der Waals surface area contributed by atoms with Crippen molar-refractivity contribution in [3.8, 4) is 11.5 Å². The lowest BCUT2D eigenvalue weighted by molar-refractivity contribution is 0.102. The van der Waals surface area contributed by atoms with Crippen LogP contribution in [0.15, 0.2) is 54.7 Å². The average molecular weight is 392 g/mol. The topological polar surface area (TPSA) is 85.4 Å². The van der Waals surface area contributed by atoms with Crippen LogP contribution in [0.5, 0.6) is 11.5 Å². The van der Waals surface area contributed by atoms with Gasteiger partial charge >= 0.3 is 0 Å². The van der Waals surface area contributed by atoms with Gasteiger partial charge in [0.2, 0.25) is 5.95 Å². The lowest BCUT2D eigenvalue weighted by Crippen LogP contribution is -2.16. The van der Waals surface area contributed by atoms with Crippen molar-refractivity contribution in [2.75, 3.05) is 24.9 Å². The summed E-state index contributed by atoms with van der Waals surface area (Å²) >= 11 is 0. The predicted octanol–water partition coefficient (Wildman–Crippen LogP) is 4.61. The number of para-hydroxylation sites is 1. The summed E-state index contributed by atoms with van der Waals surface area (Å²) in [6, 6.07) is 14.7. The Morgan fingerprint density at radius 3 is 2.48 bits per heavy atom. The fourth-order valence-electron chi connectivity index (χ4n) is 2.89. The van der Waals surface area contributed by atoms with Gasteiger partial charge < -0.3 is 20.1 Å². The van der Waals surface area contributed by atoms with Crippen molar-refractivity contribution in [3.63, 3.8) is 0 Å². The third kappa shape index (κ3) is 4.82. The fourth-order valence-corrected chi connectivity index (χ4v) is 2.89. The summed E-state index contributed by atoms with van der Waals surface area (Å²) in [5.41, 5.74) is 2.82. The zero-order valence-corrected chi connectivity index (χ0v) is 16.9. The molecule has 0 aliphatic carbocycles. The Hall–Kier alpha value is -3.61. The van der Waals surface area contributed by atoms with Gasteiger partial charge in [0, 0.05) is 23.6 Å². The van der Waals surface area contributed by atoms with Gasteiger partial charge in [0.05, 0.1) is 14.2 Å². The van der Waals surface area contributed by atoms with E-state index in [1.165, 1.54) is 0 Å². The molecule has 1 amide bonds. The summed E-state index contributed by atoms with van der Waals surface area (Å²) in [5.74, 6) is 1.50. The predicted molar refractivity (Wildman–Crippen MR) is 113 cm³/mol. The van der Waals surface area contributed by atoms with Crippen molar-refractivity contribution < 1.29 is 14.3 Å². The molecule has 0 spiro atoms. The first-order valence-electron chi connectivity index (χ1n) is 9.24. The highest BCUT2D eigenvalue weighted by atomic mass is 16.5. The number of rotatable bonds is 7. The highest BCUT2D eigenvalue weighted by molar-refractivity contribution is 6.03. The second kappa shape index (κ2) is 9.05. The summed E-state index contributed by atoms with van der Waals surface area (Å²) < 4.78 is 10.5. The normalized spacial score (nSPS) is 10.5. The Morgan fingerprint density at radius 2 is 1.76 bits per heavy atom. The van der Waals surface area contributed by atoms with Gasteiger partial charge in [-0.2, -0.15) is 0 Å². The zero-order valence-electron chi connectivity index (χ0n) is 16.9. The number of aromatic nitrogens is 2. The number of amides is 1. The molecule has 1 aromatic heterocycles. The van der Waals surface area contributed by atoms with Gasteiger partial charge in [0.25, 0.3) is 5.91 Å². The Morgan fingerprint density at radius 1 is 1.00 bits per heavy atom. The van der Waals surface area contributed by atoms with Gasteiger partial charge in [-0.05, 0) is 35.7 Å². The Bertz CT molecular complexity index is 1000. The molecule has 0 bridgehead atoms. The monoisotopic (exact) mass is 392 g/mol. The lowest BCUT2D eigenvalue weighted by atomic mass is 10.0. The van der Waals surface area contributed by atoms with E-state index in [2.05, 4.69) is 34.4 Å². The number of carbonyl (C=O) groups excluding carboxylic acids is 1. The molecule has 2 N–H and O–H groups in total. The third-order valence-corrected chi connectivity index (χ3v) is 4.36. The maximum atomic E-state index is 12.7. The van der Waals surface area contributed by atoms with Crippen molar-refractivity contribution in [1.29, 1.82) is 0 Å². The van der Waals surface area contributed by atoms with E-state index < -0.39 is 0 Å². The minimum atomic E-state index is -0.295. The molecule has 0 aliphatic rings. The Balaban J connectivity index is 1.78. The zero-order chi connectivity index (χ0) is 20.8. The molecule has 2 aromatic carbocycles. The van der Waals surface area contributed by atoms with Gasteiger partial charge in [-0.25, -0.2) is 9.97 Å². The van der Waals surface area contributed by atoms with Crippen LogP contribution in [-0.4, -0.2) is 30.1 Å². The van der Waals surface area contributed by atoms with Gasteiger partial charge in [-0.15, -0.1) is 0 Å². The van der Waals surface area contributed by atoms with Crippen molar-refractivity contribution in [3.05, 3.63) is 66.0 Å². The number of methoxy groups -OCH3 is 2. The largest absolute Gasteiger partial charge is 0.493 e. The minimum Gasteiger partial charge on any atom is -0.493 e. The van der Waals surface area contributed by atoms with E-state index >= 15 is 0 Å². The smallest absolute Gasteiger partial charge is 0.274 e. The van der Waals surface area contributed by atoms with Gasteiger partial charge in [0.1, 0.15) is 5.69 Å². The molecular formula is C22H24N4O3. The number of hydrogen-bond donors (Lipinski definition) is 2. The van der Waals surface area contributed by atoms with Crippen molar-refractivity contribution in [2.24, 2.45) is 0 Å². The second-order valence-corrected chi connectivity index (χ2v) is 6.66. The van der Waals surface area contributed by atoms with E-state index in [0.29, 0.717) is 29.1 Å². The molecule has 3 rings (SSSR count). The van der Waals surface area contributed by atoms with Gasteiger partial charge in [-0.3, -0.25) is 4.79 Å². The van der Waals surface area contributed by atoms with E-state index in [1.807, 2.05) is 30.3 Å². The molecule has 0 radical (unpaired) electrons. The van der Waals surface area contributed by atoms with Crippen LogP contribution in [0.1, 0.15) is 35.8 Å². The van der Waals surface area contributed by atoms with Crippen LogP contribution in [0.3, 0.4) is 0 Å². The lowest BCUT2D eigenvalue weighted by Gasteiger charge is -2.14. The van der Waals surface area contributed by atoms with Crippen LogP contribution < -0.4 is 20.1 Å². The first kappa shape index (κ1) is 20.1. The van der Waals surface area contributed by atoms with Crippen LogP contribution in [-0.2, 0) is 0 Å². The molecule has 7 nitrogen and oxygen atoms in total. The van der Waals surface area contributed by atoms with Crippen LogP contribution >= 0.6 is 0 Å². The molecular weight excluding hydrogens is 368 g/mol. The summed E-state index contributed by atoms with van der Waals surface area (Å²) in [6.07, 6.45) is 1.54. The Labute approximate surface area is 170 Å². The van der Waals surface area contributed by atoms with E-state index in [-0.39, 0.29) is 11.6 Å². The van der Waals surface area contributed by atoms with Crippen molar-refractivity contribution >= 4 is 23.2 Å². The highest BCUT2D eigenvalue weighted by Gasteiger charge is 2.13. The van der Waals surface area contributed by atoms with Crippen LogP contribution in [0.2, 0.25) is 0 Å². The average Bonchev–Trinajstić information content (AvgIpc) is 2.74. The van der Waals surface area contributed by atoms with Gasteiger partial charge in [-0.1, -0.05) is 32.0 Å². The van der Waals surface area contributed by atoms with E-state index in [0.717, 1.165) is 11.3 Å². The molecule has 29 heavy (non-hydrogen) atoms. The molecule has 0 fully saturated rings. The first-order chi connectivity index (χ1) is 14.0. The molecule has 0 atom stereocenters. The first-order valence-corrected chi connectivity index (χ1v) is 9.24. The molecule has 0 unspecified atom stereocenters. The fraction of sp³-hybridized carbons (Fsp3) is 0.227. The summed E-state index contributed by atoms with van der Waals surface area (Å²) in [5, 5.41) is 6.02. The molecule has 1 heterocycles. The molecule has 0 saturated carbocycles. The summed E-state index contributed by atoms with van der Waals surface area (Å²) in [6.45, 7) is 4.17. The molecule has 7 heteroatoms. The van der Waals surface area contributed by atoms with Crippen molar-refractivity contribution in [1.82, 2.24) is 9.97 Å². The number of benzene rings is 2. The third-order valence-electron chi connectivity index (χ3n) is 4.36. The quantitative estimate of drug-likeness (QED) is 0.611. The number of ether oxygens (including phenoxy) is 2. The van der Waals surface area contributed by atoms with Gasteiger partial charge in [0.15, 0.2) is 11.5 Å². The van der Waals surface area contributed by atoms with Crippen LogP contribution in [0.4, 0.5) is 17.3 Å². The number of hydrogen-bond acceptors (Lipinski definition) is 6. The van der Waals surface area contributed by atoms with Crippen LogP contribution in [0, 0.1) is 0 Å². The number of anilines is 3. The number of nitrogens with zero attached hydrogens (tertiary/aromatic N) is 2. The molecule has 3 aromatic rings. The minimum absolute atomic E-state index is 0.265. The summed E-state index contributed by atoms with van der Waals surface area (Å²) in [7, 11) is 3.14. The van der Waals surface area contributed by atoms with E-state index in [4.69, 9.17) is 9.47 Å². The second-order valence-electron chi connectivity index (χ2n) is 6.66. The van der Waals surface area contributed by atoms with Crippen molar-refractivity contribution in [2.45, 2.75) is 19.8 Å². The number of carbonyl (C=O) groups is 1. The van der Waals surface area contributed by atoms with E-state index in [1.54, 1.807) is 38.6 Å². The maximum Gasteiger partial charge on any atom is 0.274 e. The van der Waals surface area contributed by atoms with Crippen LogP contribution in [0.25, 0.3) is 0 Å². The summed E-state index contributed by atoms with van der Waals surface area (Å²) in [4.78, 5) is 21.2. The SMILES string of the molecule is COc1ccc(Nc2nccc(C(=O)Nc3ccccc3C(C)C)n2)cc1OC. The molecule has 0 saturated heterocycles. The standard InChI is InChI=1S/C22H24N4O3/c1-14(2)16-7-5-6-8-17(16)25-21(27)18-11-12-23-22(26-18)24-15-9-10-19(28-3)20(13-15)29-4/h5-14H,1-4H3,(H,25,27)(H,23,24,26). The maximum absolute atomic E-state index is 12.7. The van der Waals surface area contributed by atoms with E-state index in [9.17, 15) is 4.79 Å². The Kier molecular flexibility index (Phi) is 6.29. The highest BCUT2D eigenvalue weighted by Crippen LogP contribution is 2.30. The molecule has 0 aliphatic heterocycles. The number of nitrogens with one attached hydrogen (secondary N) is 2. The molecule has 150 valence electrons.